The van der Waals surface area contributed by atoms with Crippen molar-refractivity contribution in [2.45, 2.75) is 25.3 Å². The Balaban J connectivity index is 2.26. The molecule has 2 atom stereocenters. The standard InChI is InChI=1S/C13H14F2N2O3S/c1-6-3-4-8(14)11(10(6)15)16-13(20)17-7(2)21-5-9(17)12(18)19/h3-4,7,9H,5H2,1-2H3,(H,16,20)(H,18,19). The number of nitrogens with zero attached hydrogens (tertiary/aromatic N) is 1. The highest BCUT2D eigenvalue weighted by Crippen LogP contribution is 2.30. The summed E-state index contributed by atoms with van der Waals surface area (Å²) in [5, 5.41) is 10.8. The average Bonchev–Trinajstić information content (AvgIpc) is 2.81. The fourth-order valence-corrected chi connectivity index (χ4v) is 3.25. The molecule has 1 aliphatic heterocycles. The van der Waals surface area contributed by atoms with Crippen molar-refractivity contribution in [3.63, 3.8) is 0 Å². The SMILES string of the molecule is Cc1ccc(F)c(NC(=O)N2C(C)SCC2C(=O)O)c1F. The van der Waals surface area contributed by atoms with Gasteiger partial charge in [0.1, 0.15) is 17.5 Å². The quantitative estimate of drug-likeness (QED) is 0.880. The zero-order valence-corrected chi connectivity index (χ0v) is 12.2. The minimum Gasteiger partial charge on any atom is -0.480 e. The predicted octanol–water partition coefficient (Wildman–Crippen LogP) is 2.65. The number of hydrogen-bond donors (Lipinski definition) is 2. The van der Waals surface area contributed by atoms with Gasteiger partial charge in [0.2, 0.25) is 0 Å². The summed E-state index contributed by atoms with van der Waals surface area (Å²) in [5.74, 6) is -2.68. The van der Waals surface area contributed by atoms with Crippen LogP contribution >= 0.6 is 11.8 Å². The van der Waals surface area contributed by atoms with Crippen LogP contribution in [0.3, 0.4) is 0 Å². The van der Waals surface area contributed by atoms with Gasteiger partial charge >= 0.3 is 12.0 Å². The van der Waals surface area contributed by atoms with Gasteiger partial charge in [-0.05, 0) is 25.5 Å². The maximum Gasteiger partial charge on any atom is 0.327 e. The molecule has 0 saturated carbocycles. The molecule has 2 N–H and O–H groups in total. The molecule has 21 heavy (non-hydrogen) atoms. The number of rotatable bonds is 2. The molecule has 5 nitrogen and oxygen atoms in total. The van der Waals surface area contributed by atoms with Crippen LogP contribution in [0.15, 0.2) is 12.1 Å². The molecule has 0 spiro atoms. The summed E-state index contributed by atoms with van der Waals surface area (Å²) in [6, 6.07) is 0.462. The summed E-state index contributed by atoms with van der Waals surface area (Å²) >= 11 is 1.29. The number of carboxylic acid groups (broad SMARTS) is 1. The van der Waals surface area contributed by atoms with E-state index in [9.17, 15) is 18.4 Å². The first kappa shape index (κ1) is 15.6. The van der Waals surface area contributed by atoms with Gasteiger partial charge in [0.25, 0.3) is 0 Å². The van der Waals surface area contributed by atoms with Gasteiger partial charge in [0.05, 0.1) is 5.37 Å². The number of anilines is 1. The molecular formula is C13H14F2N2O3S. The number of urea groups is 1. The Morgan fingerprint density at radius 3 is 2.71 bits per heavy atom. The van der Waals surface area contributed by atoms with Crippen molar-refractivity contribution in [2.24, 2.45) is 0 Å². The Morgan fingerprint density at radius 1 is 1.43 bits per heavy atom. The second-order valence-corrected chi connectivity index (χ2v) is 6.03. The Bertz CT molecular complexity index is 597. The fourth-order valence-electron chi connectivity index (χ4n) is 2.08. The van der Waals surface area contributed by atoms with Crippen LogP contribution in [0.2, 0.25) is 0 Å². The highest BCUT2D eigenvalue weighted by molar-refractivity contribution is 8.00. The first-order chi connectivity index (χ1) is 9.82. The van der Waals surface area contributed by atoms with E-state index in [1.165, 1.54) is 24.8 Å². The Kier molecular flexibility index (Phi) is 4.36. The van der Waals surface area contributed by atoms with Crippen LogP contribution in [0, 0.1) is 18.6 Å². The lowest BCUT2D eigenvalue weighted by atomic mass is 10.2. The molecular weight excluding hydrogens is 302 g/mol. The van der Waals surface area contributed by atoms with Gasteiger partial charge in [0, 0.05) is 5.75 Å². The number of carboxylic acids is 1. The summed E-state index contributed by atoms with van der Waals surface area (Å²) in [4.78, 5) is 24.4. The molecule has 1 aliphatic rings. The van der Waals surface area contributed by atoms with E-state index in [0.29, 0.717) is 0 Å². The van der Waals surface area contributed by atoms with Gasteiger partial charge in [0.15, 0.2) is 5.82 Å². The largest absolute Gasteiger partial charge is 0.480 e. The highest BCUT2D eigenvalue weighted by Gasteiger charge is 2.40. The van der Waals surface area contributed by atoms with E-state index in [1.807, 2.05) is 0 Å². The van der Waals surface area contributed by atoms with E-state index in [4.69, 9.17) is 5.11 Å². The van der Waals surface area contributed by atoms with E-state index >= 15 is 0 Å². The maximum absolute atomic E-state index is 13.9. The summed E-state index contributed by atoms with van der Waals surface area (Å²) in [7, 11) is 0. The van der Waals surface area contributed by atoms with Crippen LogP contribution in [0.5, 0.6) is 0 Å². The lowest BCUT2D eigenvalue weighted by Gasteiger charge is -2.25. The van der Waals surface area contributed by atoms with Gasteiger partial charge in [-0.3, -0.25) is 4.90 Å². The molecule has 0 aliphatic carbocycles. The topological polar surface area (TPSA) is 69.6 Å². The number of thioether (sulfide) groups is 1. The van der Waals surface area contributed by atoms with Crippen molar-refractivity contribution < 1.29 is 23.5 Å². The molecule has 0 aromatic heterocycles. The Morgan fingerprint density at radius 2 is 2.10 bits per heavy atom. The number of nitrogens with one attached hydrogen (secondary N) is 1. The van der Waals surface area contributed by atoms with Crippen molar-refractivity contribution in [1.29, 1.82) is 0 Å². The molecule has 1 aromatic rings. The molecule has 2 unspecified atom stereocenters. The smallest absolute Gasteiger partial charge is 0.327 e. The second-order valence-electron chi connectivity index (χ2n) is 4.68. The van der Waals surface area contributed by atoms with Crippen molar-refractivity contribution in [1.82, 2.24) is 4.90 Å². The number of aliphatic carboxylic acids is 1. The number of aryl methyl sites for hydroxylation is 1. The van der Waals surface area contributed by atoms with Crippen LogP contribution in [-0.2, 0) is 4.79 Å². The van der Waals surface area contributed by atoms with Gasteiger partial charge in [-0.15, -0.1) is 11.8 Å². The minimum absolute atomic E-state index is 0.185. The second kappa shape index (κ2) is 5.88. The molecule has 1 aromatic carbocycles. The van der Waals surface area contributed by atoms with Crippen molar-refractivity contribution in [2.75, 3.05) is 11.1 Å². The molecule has 0 radical (unpaired) electrons. The van der Waals surface area contributed by atoms with Crippen molar-refractivity contribution >= 4 is 29.4 Å². The molecule has 1 saturated heterocycles. The molecule has 114 valence electrons. The van der Waals surface area contributed by atoms with E-state index in [1.54, 1.807) is 6.92 Å². The molecule has 1 heterocycles. The summed E-state index contributed by atoms with van der Waals surface area (Å²) in [6.45, 7) is 3.11. The number of carbonyl (C=O) groups is 2. The van der Waals surface area contributed by atoms with Gasteiger partial charge in [-0.25, -0.2) is 18.4 Å². The zero-order valence-electron chi connectivity index (χ0n) is 11.4. The third-order valence-corrected chi connectivity index (χ3v) is 4.48. The summed E-state index contributed by atoms with van der Waals surface area (Å²) in [5.41, 5.74) is -0.376. The number of amides is 2. The average molecular weight is 316 g/mol. The van der Waals surface area contributed by atoms with Crippen LogP contribution in [0.4, 0.5) is 19.3 Å². The Labute approximate surface area is 124 Å². The maximum atomic E-state index is 13.9. The number of benzene rings is 1. The summed E-state index contributed by atoms with van der Waals surface area (Å²) < 4.78 is 27.5. The van der Waals surface area contributed by atoms with Crippen LogP contribution in [-0.4, -0.2) is 39.2 Å². The number of halogens is 2. The van der Waals surface area contributed by atoms with Gasteiger partial charge in [-0.1, -0.05) is 6.07 Å². The number of carbonyl (C=O) groups excluding carboxylic acids is 1. The normalized spacial score (nSPS) is 21.4. The first-order valence-electron chi connectivity index (χ1n) is 6.21. The molecule has 8 heteroatoms. The monoisotopic (exact) mass is 316 g/mol. The number of hydrogen-bond acceptors (Lipinski definition) is 3. The van der Waals surface area contributed by atoms with Crippen molar-refractivity contribution in [3.05, 3.63) is 29.3 Å². The zero-order chi connectivity index (χ0) is 15.7. The highest BCUT2D eigenvalue weighted by atomic mass is 32.2. The third kappa shape index (κ3) is 2.94. The molecule has 2 rings (SSSR count). The third-order valence-electron chi connectivity index (χ3n) is 3.26. The van der Waals surface area contributed by atoms with Crippen LogP contribution in [0.25, 0.3) is 0 Å². The lowest BCUT2D eigenvalue weighted by molar-refractivity contribution is -0.141. The van der Waals surface area contributed by atoms with Crippen LogP contribution < -0.4 is 5.32 Å². The summed E-state index contributed by atoms with van der Waals surface area (Å²) in [6.07, 6.45) is 0. The Hall–Kier alpha value is -1.83. The minimum atomic E-state index is -1.15. The van der Waals surface area contributed by atoms with E-state index in [0.717, 1.165) is 11.0 Å². The fraction of sp³-hybridized carbons (Fsp3) is 0.385. The lowest BCUT2D eigenvalue weighted by Crippen LogP contribution is -2.47. The molecule has 2 amide bonds. The predicted molar refractivity (Wildman–Crippen MR) is 75.3 cm³/mol. The van der Waals surface area contributed by atoms with E-state index in [2.05, 4.69) is 5.32 Å². The molecule has 1 fully saturated rings. The van der Waals surface area contributed by atoms with Crippen molar-refractivity contribution in [3.8, 4) is 0 Å². The van der Waals surface area contributed by atoms with Crippen LogP contribution in [0.1, 0.15) is 12.5 Å². The van der Waals surface area contributed by atoms with Gasteiger partial charge < -0.3 is 10.4 Å². The van der Waals surface area contributed by atoms with E-state index < -0.39 is 35.4 Å². The molecule has 0 bridgehead atoms. The van der Waals surface area contributed by atoms with Gasteiger partial charge in [-0.2, -0.15) is 0 Å². The first-order valence-corrected chi connectivity index (χ1v) is 7.26. The van der Waals surface area contributed by atoms with E-state index in [-0.39, 0.29) is 16.7 Å².